The number of benzene rings is 1. The number of methoxy groups -OCH3 is 1. The number of pyridine rings is 1. The number of halogens is 1. The fraction of sp³-hybridized carbons (Fsp3) is 0.235. The molecule has 1 amide bonds. The van der Waals surface area contributed by atoms with Crippen molar-refractivity contribution in [3.05, 3.63) is 58.9 Å². The van der Waals surface area contributed by atoms with Gasteiger partial charge in [0.1, 0.15) is 10.9 Å². The number of rotatable bonds is 6. The lowest BCUT2D eigenvalue weighted by molar-refractivity contribution is -0.145. The standard InChI is InChI=1S/C17H17ClN2O4/c1-24-17(23)12(9-11-4-6-13(21)7-5-11)10-20-16(22)14-3-2-8-19-15(14)18/h2-8,12,21H,9-10H2,1H3,(H,20,22). The second-order valence-electron chi connectivity index (χ2n) is 5.14. The van der Waals surface area contributed by atoms with Gasteiger partial charge in [-0.2, -0.15) is 0 Å². The third kappa shape index (κ3) is 4.70. The van der Waals surface area contributed by atoms with Crippen LogP contribution in [0.5, 0.6) is 5.75 Å². The lowest BCUT2D eigenvalue weighted by atomic mass is 9.99. The minimum absolute atomic E-state index is 0.0948. The van der Waals surface area contributed by atoms with E-state index >= 15 is 0 Å². The Kier molecular flexibility index (Phi) is 6.14. The molecule has 2 rings (SSSR count). The summed E-state index contributed by atoms with van der Waals surface area (Å²) < 4.78 is 4.79. The molecule has 1 aromatic heterocycles. The maximum absolute atomic E-state index is 12.2. The van der Waals surface area contributed by atoms with E-state index in [9.17, 15) is 14.7 Å². The van der Waals surface area contributed by atoms with Crippen LogP contribution in [-0.4, -0.2) is 35.6 Å². The van der Waals surface area contributed by atoms with Gasteiger partial charge in [0.2, 0.25) is 0 Å². The van der Waals surface area contributed by atoms with Crippen LogP contribution in [0, 0.1) is 5.92 Å². The molecule has 126 valence electrons. The van der Waals surface area contributed by atoms with Gasteiger partial charge in [0.15, 0.2) is 0 Å². The number of ether oxygens (including phenoxy) is 1. The molecular weight excluding hydrogens is 332 g/mol. The monoisotopic (exact) mass is 348 g/mol. The number of esters is 1. The van der Waals surface area contributed by atoms with Crippen molar-refractivity contribution in [1.82, 2.24) is 10.3 Å². The number of hydrogen-bond donors (Lipinski definition) is 2. The first-order valence-corrected chi connectivity index (χ1v) is 7.63. The van der Waals surface area contributed by atoms with Gasteiger partial charge in [0.25, 0.3) is 5.91 Å². The van der Waals surface area contributed by atoms with Crippen molar-refractivity contribution in [2.45, 2.75) is 6.42 Å². The van der Waals surface area contributed by atoms with Crippen molar-refractivity contribution in [2.24, 2.45) is 5.92 Å². The predicted octanol–water partition coefficient (Wildman–Crippen LogP) is 2.20. The first-order valence-electron chi connectivity index (χ1n) is 7.25. The quantitative estimate of drug-likeness (QED) is 0.617. The molecule has 1 aromatic carbocycles. The van der Waals surface area contributed by atoms with Crippen LogP contribution in [0.15, 0.2) is 42.6 Å². The van der Waals surface area contributed by atoms with E-state index in [1.165, 1.54) is 25.4 Å². The molecule has 6 nitrogen and oxygen atoms in total. The fourth-order valence-corrected chi connectivity index (χ4v) is 2.39. The van der Waals surface area contributed by atoms with Crippen LogP contribution in [0.25, 0.3) is 0 Å². The second kappa shape index (κ2) is 8.31. The van der Waals surface area contributed by atoms with Gasteiger partial charge in [0.05, 0.1) is 18.6 Å². The molecule has 1 atom stereocenters. The molecule has 7 heteroatoms. The second-order valence-corrected chi connectivity index (χ2v) is 5.50. The number of phenols is 1. The molecule has 1 unspecified atom stereocenters. The summed E-state index contributed by atoms with van der Waals surface area (Å²) in [4.78, 5) is 27.9. The van der Waals surface area contributed by atoms with Gasteiger partial charge in [-0.3, -0.25) is 9.59 Å². The number of amides is 1. The van der Waals surface area contributed by atoms with Crippen molar-refractivity contribution >= 4 is 23.5 Å². The van der Waals surface area contributed by atoms with Gasteiger partial charge in [-0.05, 0) is 36.2 Å². The van der Waals surface area contributed by atoms with E-state index in [2.05, 4.69) is 10.3 Å². The zero-order chi connectivity index (χ0) is 17.5. The van der Waals surface area contributed by atoms with E-state index in [4.69, 9.17) is 16.3 Å². The van der Waals surface area contributed by atoms with Gasteiger partial charge in [0, 0.05) is 12.7 Å². The number of aromatic hydroxyl groups is 1. The Labute approximate surface area is 144 Å². The van der Waals surface area contributed by atoms with Gasteiger partial charge in [-0.25, -0.2) is 4.98 Å². The lowest BCUT2D eigenvalue weighted by Gasteiger charge is -2.16. The summed E-state index contributed by atoms with van der Waals surface area (Å²) in [5.41, 5.74) is 1.09. The summed E-state index contributed by atoms with van der Waals surface area (Å²) in [6, 6.07) is 9.66. The highest BCUT2D eigenvalue weighted by molar-refractivity contribution is 6.32. The number of phenolic OH excluding ortho intramolecular Hbond substituents is 1. The van der Waals surface area contributed by atoms with Crippen LogP contribution in [0.1, 0.15) is 15.9 Å². The Morgan fingerprint density at radius 1 is 1.29 bits per heavy atom. The van der Waals surface area contributed by atoms with E-state index in [1.54, 1.807) is 24.3 Å². The molecule has 2 aromatic rings. The number of hydrogen-bond acceptors (Lipinski definition) is 5. The summed E-state index contributed by atoms with van der Waals surface area (Å²) >= 11 is 5.88. The fourth-order valence-electron chi connectivity index (χ4n) is 2.19. The lowest BCUT2D eigenvalue weighted by Crippen LogP contribution is -2.35. The van der Waals surface area contributed by atoms with Crippen LogP contribution >= 0.6 is 11.6 Å². The highest BCUT2D eigenvalue weighted by atomic mass is 35.5. The molecule has 0 radical (unpaired) electrons. The molecule has 0 bridgehead atoms. The Balaban J connectivity index is 2.04. The van der Waals surface area contributed by atoms with Crippen LogP contribution in [-0.2, 0) is 16.0 Å². The molecule has 0 aliphatic heterocycles. The molecule has 2 N–H and O–H groups in total. The summed E-state index contributed by atoms with van der Waals surface area (Å²) in [7, 11) is 1.30. The van der Waals surface area contributed by atoms with Gasteiger partial charge in [-0.15, -0.1) is 0 Å². The largest absolute Gasteiger partial charge is 0.508 e. The molecule has 0 fully saturated rings. The van der Waals surface area contributed by atoms with Crippen LogP contribution < -0.4 is 5.32 Å². The molecular formula is C17H17ClN2O4. The van der Waals surface area contributed by atoms with E-state index in [0.29, 0.717) is 6.42 Å². The van der Waals surface area contributed by atoms with Gasteiger partial charge < -0.3 is 15.2 Å². The maximum atomic E-state index is 12.2. The van der Waals surface area contributed by atoms with Crippen LogP contribution in [0.4, 0.5) is 0 Å². The van der Waals surface area contributed by atoms with Crippen molar-refractivity contribution in [3.8, 4) is 5.75 Å². The third-order valence-corrected chi connectivity index (χ3v) is 3.77. The molecule has 0 aliphatic rings. The smallest absolute Gasteiger partial charge is 0.310 e. The van der Waals surface area contributed by atoms with Crippen molar-refractivity contribution in [3.63, 3.8) is 0 Å². The normalized spacial score (nSPS) is 11.6. The summed E-state index contributed by atoms with van der Waals surface area (Å²) in [6.07, 6.45) is 1.86. The van der Waals surface area contributed by atoms with E-state index in [-0.39, 0.29) is 23.0 Å². The van der Waals surface area contributed by atoms with Crippen molar-refractivity contribution < 1.29 is 19.4 Å². The average molecular weight is 349 g/mol. The van der Waals surface area contributed by atoms with Gasteiger partial charge in [-0.1, -0.05) is 23.7 Å². The van der Waals surface area contributed by atoms with Crippen LogP contribution in [0.3, 0.4) is 0 Å². The topological polar surface area (TPSA) is 88.5 Å². The SMILES string of the molecule is COC(=O)C(CNC(=O)c1cccnc1Cl)Cc1ccc(O)cc1. The first-order chi connectivity index (χ1) is 11.5. The minimum atomic E-state index is -0.557. The minimum Gasteiger partial charge on any atom is -0.508 e. The molecule has 0 saturated carbocycles. The highest BCUT2D eigenvalue weighted by Crippen LogP contribution is 2.15. The zero-order valence-corrected chi connectivity index (χ0v) is 13.8. The Bertz CT molecular complexity index is 719. The maximum Gasteiger partial charge on any atom is 0.310 e. The van der Waals surface area contributed by atoms with Crippen molar-refractivity contribution in [1.29, 1.82) is 0 Å². The molecule has 0 saturated heterocycles. The van der Waals surface area contributed by atoms with Crippen LogP contribution in [0.2, 0.25) is 5.15 Å². The number of aromatic nitrogens is 1. The number of carbonyl (C=O) groups is 2. The molecule has 0 spiro atoms. The molecule has 1 heterocycles. The number of carbonyl (C=O) groups excluding carboxylic acids is 2. The van der Waals surface area contributed by atoms with E-state index in [1.807, 2.05) is 0 Å². The van der Waals surface area contributed by atoms with E-state index < -0.39 is 17.8 Å². The van der Waals surface area contributed by atoms with E-state index in [0.717, 1.165) is 5.56 Å². The molecule has 0 aliphatic carbocycles. The molecule has 24 heavy (non-hydrogen) atoms. The number of nitrogens with zero attached hydrogens (tertiary/aromatic N) is 1. The van der Waals surface area contributed by atoms with Crippen molar-refractivity contribution in [2.75, 3.05) is 13.7 Å². The Morgan fingerprint density at radius 2 is 2.00 bits per heavy atom. The predicted molar refractivity (Wildman–Crippen MR) is 88.9 cm³/mol. The zero-order valence-electron chi connectivity index (χ0n) is 13.0. The third-order valence-electron chi connectivity index (χ3n) is 3.47. The average Bonchev–Trinajstić information content (AvgIpc) is 2.59. The summed E-state index contributed by atoms with van der Waals surface area (Å²) in [5, 5.41) is 12.1. The highest BCUT2D eigenvalue weighted by Gasteiger charge is 2.21. The Hall–Kier alpha value is -2.60. The Morgan fingerprint density at radius 3 is 2.62 bits per heavy atom. The number of nitrogens with one attached hydrogen (secondary N) is 1. The first kappa shape index (κ1) is 17.7. The summed E-state index contributed by atoms with van der Waals surface area (Å²) in [5.74, 6) is -1.25. The summed E-state index contributed by atoms with van der Waals surface area (Å²) in [6.45, 7) is 0.0948. The van der Waals surface area contributed by atoms with Gasteiger partial charge >= 0.3 is 5.97 Å².